The van der Waals surface area contributed by atoms with Gasteiger partial charge >= 0.3 is 0 Å². The van der Waals surface area contributed by atoms with E-state index in [9.17, 15) is 14.0 Å². The van der Waals surface area contributed by atoms with Crippen molar-refractivity contribution in [2.45, 2.75) is 25.3 Å². The first-order valence-corrected chi connectivity index (χ1v) is 11.9. The lowest BCUT2D eigenvalue weighted by Crippen LogP contribution is -2.53. The first-order chi connectivity index (χ1) is 17.7. The van der Waals surface area contributed by atoms with Crippen LogP contribution in [0, 0.1) is 12.7 Å². The van der Waals surface area contributed by atoms with Gasteiger partial charge < -0.3 is 31.5 Å². The summed E-state index contributed by atoms with van der Waals surface area (Å²) in [7, 11) is 0. The van der Waals surface area contributed by atoms with Crippen LogP contribution in [-0.2, 0) is 0 Å². The lowest BCUT2D eigenvalue weighted by atomic mass is 9.88. The van der Waals surface area contributed by atoms with Crippen molar-refractivity contribution < 1.29 is 18.5 Å². The number of hydrogen-bond acceptors (Lipinski definition) is 10. The number of rotatable bonds is 4. The molecule has 2 fully saturated rings. The van der Waals surface area contributed by atoms with E-state index in [4.69, 9.17) is 27.6 Å². The number of amides is 1. The summed E-state index contributed by atoms with van der Waals surface area (Å²) < 4.78 is 18.7. The number of aryl methyl sites for hydroxylation is 1. The Balaban J connectivity index is 1.26. The van der Waals surface area contributed by atoms with Crippen LogP contribution in [0.15, 0.2) is 40.7 Å². The number of nitrogens with two attached hydrogens (primary N) is 2. The Kier molecular flexibility index (Phi) is 6.20. The highest BCUT2D eigenvalue weighted by Gasteiger charge is 2.41. The van der Waals surface area contributed by atoms with Gasteiger partial charge in [0.15, 0.2) is 22.5 Å². The summed E-state index contributed by atoms with van der Waals surface area (Å²) in [6.07, 6.45) is 2.64. The predicted octanol–water partition coefficient (Wildman–Crippen LogP) is 2.29. The summed E-state index contributed by atoms with van der Waals surface area (Å²) in [5.74, 6) is -0.271. The smallest absolute Gasteiger partial charge is 0.259 e. The third-order valence-electron chi connectivity index (χ3n) is 6.63. The number of nitrogens with zero attached hydrogens (tertiary/aromatic N) is 4. The molecule has 13 heteroatoms. The predicted molar refractivity (Wildman–Crippen MR) is 134 cm³/mol. The molecule has 37 heavy (non-hydrogen) atoms. The molecule has 3 aromatic rings. The molecule has 5 rings (SSSR count). The molecule has 0 bridgehead atoms. The van der Waals surface area contributed by atoms with Crippen molar-refractivity contribution in [2.75, 3.05) is 31.1 Å². The van der Waals surface area contributed by atoms with Gasteiger partial charge in [0.1, 0.15) is 28.7 Å². The average molecular weight is 527 g/mol. The molecule has 0 unspecified atom stereocenters. The van der Waals surface area contributed by atoms with Crippen LogP contribution in [0.5, 0.6) is 0 Å². The zero-order valence-corrected chi connectivity index (χ0v) is 20.6. The number of hydrogen-bond donors (Lipinski definition) is 4. The van der Waals surface area contributed by atoms with E-state index in [1.807, 2.05) is 0 Å². The maximum absolute atomic E-state index is 13.4. The monoisotopic (exact) mass is 526 g/mol. The molecule has 2 aromatic heterocycles. The molecule has 11 nitrogen and oxygen atoms in total. The summed E-state index contributed by atoms with van der Waals surface area (Å²) in [4.78, 5) is 35.6. The highest BCUT2D eigenvalue weighted by atomic mass is 35.5. The van der Waals surface area contributed by atoms with Crippen molar-refractivity contribution in [1.29, 1.82) is 0 Å². The number of nitrogen functional groups attached to an aromatic ring is 2. The summed E-state index contributed by atoms with van der Waals surface area (Å²) >= 11 is 5.88. The fraction of sp³-hybridized carbons (Fsp3) is 0.292. The number of benzene rings is 1. The number of anilines is 2. The molecule has 2 aliphatic rings. The Morgan fingerprint density at radius 2 is 1.86 bits per heavy atom. The van der Waals surface area contributed by atoms with Gasteiger partial charge in [0.25, 0.3) is 5.91 Å². The van der Waals surface area contributed by atoms with Crippen LogP contribution < -0.4 is 22.1 Å². The molecule has 0 atom stereocenters. The van der Waals surface area contributed by atoms with Crippen molar-refractivity contribution >= 4 is 34.9 Å². The van der Waals surface area contributed by atoms with Crippen molar-refractivity contribution in [1.82, 2.24) is 30.7 Å². The summed E-state index contributed by atoms with van der Waals surface area (Å²) in [5, 5.41) is 10.5. The Morgan fingerprint density at radius 3 is 2.57 bits per heavy atom. The second-order valence-corrected chi connectivity index (χ2v) is 9.43. The quantitative estimate of drug-likeness (QED) is 0.292. The van der Waals surface area contributed by atoms with Gasteiger partial charge in [-0.05, 0) is 44.0 Å². The first kappa shape index (κ1) is 24.5. The van der Waals surface area contributed by atoms with Gasteiger partial charge in [0, 0.05) is 31.3 Å². The second-order valence-electron chi connectivity index (χ2n) is 9.08. The molecular formula is C24H24ClFN8O3. The molecule has 1 spiro atoms. The van der Waals surface area contributed by atoms with Crippen molar-refractivity contribution in [3.8, 4) is 11.3 Å². The topological polar surface area (TPSA) is 165 Å². The Hall–Kier alpha value is -4.19. The van der Waals surface area contributed by atoms with Gasteiger partial charge in [0.05, 0.1) is 5.54 Å². The van der Waals surface area contributed by atoms with Gasteiger partial charge in [-0.15, -0.1) is 0 Å². The largest absolute Gasteiger partial charge is 0.382 e. The molecule has 0 saturated carbocycles. The lowest BCUT2D eigenvalue weighted by molar-refractivity contribution is 0.0666. The second kappa shape index (κ2) is 9.36. The molecular weight excluding hydrogens is 503 g/mol. The molecule has 4 heterocycles. The normalized spacial score (nSPS) is 17.6. The molecule has 0 aliphatic carbocycles. The van der Waals surface area contributed by atoms with Crippen LogP contribution in [0.25, 0.3) is 11.3 Å². The number of likely N-dealkylation sites (tertiary alicyclic amines) is 1. The molecule has 1 amide bonds. The van der Waals surface area contributed by atoms with Gasteiger partial charge in [-0.2, -0.15) is 0 Å². The summed E-state index contributed by atoms with van der Waals surface area (Å²) in [5.41, 5.74) is 12.3. The zero-order valence-electron chi connectivity index (χ0n) is 19.8. The van der Waals surface area contributed by atoms with Crippen LogP contribution in [-0.4, -0.2) is 56.9 Å². The number of carbonyl (C=O) groups excluding carboxylic acids is 2. The minimum atomic E-state index is -0.470. The number of piperidine rings is 1. The van der Waals surface area contributed by atoms with E-state index in [2.05, 4.69) is 25.8 Å². The Labute approximate surface area is 216 Å². The maximum Gasteiger partial charge on any atom is 0.259 e. The molecule has 6 N–H and O–H groups in total. The number of carbonyl (C=O) groups is 2. The highest BCUT2D eigenvalue weighted by Crippen LogP contribution is 2.31. The highest BCUT2D eigenvalue weighted by molar-refractivity contribution is 6.31. The number of aromatic nitrogens is 3. The van der Waals surface area contributed by atoms with Crippen LogP contribution >= 0.6 is 11.6 Å². The Bertz CT molecular complexity index is 1410. The van der Waals surface area contributed by atoms with E-state index < -0.39 is 5.78 Å². The van der Waals surface area contributed by atoms with Crippen LogP contribution in [0.4, 0.5) is 16.0 Å². The molecule has 2 saturated heterocycles. The van der Waals surface area contributed by atoms with E-state index in [0.29, 0.717) is 60.9 Å². The SMILES string of the molecule is Cc1onc(-c2ccc(F)cc2)c1C(=O)N1CCC2(CC1)CN/C(=C\C(=O)c1nc(Cl)c(N)nc1N)N2. The maximum atomic E-state index is 13.4. The number of allylic oxidation sites excluding steroid dienone is 1. The number of nitrogens with one attached hydrogen (secondary N) is 2. The zero-order chi connectivity index (χ0) is 26.3. The van der Waals surface area contributed by atoms with Gasteiger partial charge in [-0.1, -0.05) is 16.8 Å². The van der Waals surface area contributed by atoms with Crippen molar-refractivity contribution in [3.05, 3.63) is 64.2 Å². The van der Waals surface area contributed by atoms with E-state index >= 15 is 0 Å². The molecule has 1 aromatic carbocycles. The standard InChI is InChI=1S/C24H24ClFN8O3/c1-12-17(18(33-37-12)13-2-4-14(26)5-3-13)23(36)34-8-6-24(7-9-34)11-29-16(32-24)10-15(35)19-21(27)31-22(28)20(25)30-19/h2-5,10,29,32H,6-9,11H2,1H3,(H4,27,28,31)/b16-10+. The average Bonchev–Trinajstić information content (AvgIpc) is 3.45. The summed E-state index contributed by atoms with van der Waals surface area (Å²) in [6.45, 7) is 3.22. The van der Waals surface area contributed by atoms with Crippen molar-refractivity contribution in [2.24, 2.45) is 0 Å². The van der Waals surface area contributed by atoms with Crippen LogP contribution in [0.3, 0.4) is 0 Å². The fourth-order valence-electron chi connectivity index (χ4n) is 4.57. The number of halogens is 2. The third kappa shape index (κ3) is 4.67. The molecule has 2 aliphatic heterocycles. The summed E-state index contributed by atoms with van der Waals surface area (Å²) in [6, 6.07) is 5.76. The third-order valence-corrected chi connectivity index (χ3v) is 6.91. The van der Waals surface area contributed by atoms with Gasteiger partial charge in [-0.25, -0.2) is 14.4 Å². The fourth-order valence-corrected chi connectivity index (χ4v) is 4.70. The minimum absolute atomic E-state index is 0.0491. The minimum Gasteiger partial charge on any atom is -0.382 e. The van der Waals surface area contributed by atoms with Crippen molar-refractivity contribution in [3.63, 3.8) is 0 Å². The Morgan fingerprint density at radius 1 is 1.16 bits per heavy atom. The van der Waals surface area contributed by atoms with Gasteiger partial charge in [0.2, 0.25) is 5.78 Å². The first-order valence-electron chi connectivity index (χ1n) is 11.5. The van der Waals surface area contributed by atoms with Gasteiger partial charge in [-0.3, -0.25) is 9.59 Å². The molecule has 192 valence electrons. The van der Waals surface area contributed by atoms with Crippen LogP contribution in [0.2, 0.25) is 5.15 Å². The lowest BCUT2D eigenvalue weighted by Gasteiger charge is -2.38. The van der Waals surface area contributed by atoms with E-state index in [0.717, 1.165) is 0 Å². The van der Waals surface area contributed by atoms with E-state index in [1.54, 1.807) is 24.0 Å². The molecule has 0 radical (unpaired) electrons. The van der Waals surface area contributed by atoms with E-state index in [1.165, 1.54) is 18.2 Å². The van der Waals surface area contributed by atoms with Crippen LogP contribution in [0.1, 0.15) is 39.4 Å². The number of ketones is 1. The van der Waals surface area contributed by atoms with E-state index in [-0.39, 0.29) is 39.7 Å².